The molecule has 0 radical (unpaired) electrons. The quantitative estimate of drug-likeness (QED) is 0.153. The topological polar surface area (TPSA) is 74.4 Å². The van der Waals surface area contributed by atoms with Crippen LogP contribution in [-0.4, -0.2) is 29.1 Å². The molecule has 84 heavy (non-hydrogen) atoms. The first-order chi connectivity index (χ1) is 41.7. The van der Waals surface area contributed by atoms with Gasteiger partial charge in [0.2, 0.25) is 0 Å². The van der Waals surface area contributed by atoms with Crippen LogP contribution >= 0.6 is 0 Å². The number of rotatable bonds is 6. The number of pyridine rings is 2. The maximum atomic E-state index is 5.79. The number of fused-ring (bicyclic) bond motifs is 16. The van der Waals surface area contributed by atoms with E-state index in [1.807, 2.05) is 0 Å². The Morgan fingerprint density at radius 3 is 0.917 bits per heavy atom. The van der Waals surface area contributed by atoms with Crippen LogP contribution in [0.3, 0.4) is 0 Å². The summed E-state index contributed by atoms with van der Waals surface area (Å²) in [5.41, 5.74) is 19.9. The molecule has 0 amide bonds. The van der Waals surface area contributed by atoms with E-state index in [-0.39, 0.29) is 0 Å². The van der Waals surface area contributed by atoms with Crippen molar-refractivity contribution < 1.29 is 0 Å². The molecule has 7 heterocycles. The lowest BCUT2D eigenvalue weighted by molar-refractivity contribution is 1.11. The summed E-state index contributed by atoms with van der Waals surface area (Å²) in [5.74, 6) is 1.49. The van der Waals surface area contributed by atoms with Gasteiger partial charge in [0.15, 0.2) is 0 Å². The Kier molecular flexibility index (Phi) is 9.86. The number of para-hydroxylation sites is 10. The van der Waals surface area contributed by atoms with Crippen LogP contribution in [0, 0.1) is 0 Å². The highest BCUT2D eigenvalue weighted by Gasteiger charge is 2.35. The Hall–Kier alpha value is -11.6. The smallest absolute Gasteiger partial charge is 0.138 e. The van der Waals surface area contributed by atoms with Gasteiger partial charge in [0.1, 0.15) is 22.7 Å². The van der Waals surface area contributed by atoms with Crippen molar-refractivity contribution in [1.29, 1.82) is 0 Å². The van der Waals surface area contributed by atoms with E-state index in [4.69, 9.17) is 19.9 Å². The Balaban J connectivity index is 0.855. The van der Waals surface area contributed by atoms with Gasteiger partial charge in [-0.25, -0.2) is 9.97 Å². The molecule has 2 aliphatic heterocycles. The molecule has 2 aliphatic rings. The molecule has 10 heteroatoms. The second-order valence-electron chi connectivity index (χ2n) is 21.5. The maximum Gasteiger partial charge on any atom is 0.138 e. The van der Waals surface area contributed by atoms with Crippen LogP contribution in [0.15, 0.2) is 279 Å². The second kappa shape index (κ2) is 17.9. The van der Waals surface area contributed by atoms with E-state index in [0.717, 1.165) is 135 Å². The Morgan fingerprint density at radius 1 is 0.214 bits per heavy atom. The van der Waals surface area contributed by atoms with Gasteiger partial charge < -0.3 is 18.9 Å². The van der Waals surface area contributed by atoms with Gasteiger partial charge in [-0.15, -0.1) is 0 Å². The minimum absolute atomic E-state index is 0.724. The average Bonchev–Trinajstić information content (AvgIpc) is 2.62. The van der Waals surface area contributed by atoms with E-state index in [1.165, 1.54) is 21.5 Å². The van der Waals surface area contributed by atoms with Crippen LogP contribution in [0.25, 0.3) is 87.8 Å². The van der Waals surface area contributed by atoms with Crippen molar-refractivity contribution in [3.8, 4) is 11.4 Å². The van der Waals surface area contributed by atoms with E-state index >= 15 is 0 Å². The van der Waals surface area contributed by atoms with Crippen LogP contribution in [0.5, 0.6) is 0 Å². The predicted octanol–water partition coefficient (Wildman–Crippen LogP) is 19.4. The number of nitrogens with zero attached hydrogens (tertiary/aromatic N) is 10. The summed E-state index contributed by atoms with van der Waals surface area (Å²) in [5, 5.41) is 6.59. The lowest BCUT2D eigenvalue weighted by Crippen LogP contribution is -2.25. The molecule has 11 aromatic carbocycles. The summed E-state index contributed by atoms with van der Waals surface area (Å²) in [7, 11) is 0. The minimum Gasteiger partial charge on any atom is -0.309 e. The highest BCUT2D eigenvalue weighted by molar-refractivity contribution is 6.21. The van der Waals surface area contributed by atoms with Crippen molar-refractivity contribution in [2.45, 2.75) is 0 Å². The van der Waals surface area contributed by atoms with Crippen LogP contribution in [-0.2, 0) is 0 Å². The first-order valence-corrected chi connectivity index (χ1v) is 28.3. The third kappa shape index (κ3) is 6.67. The molecule has 0 atom stereocenters. The summed E-state index contributed by atoms with van der Waals surface area (Å²) in [4.78, 5) is 30.9. The molecule has 0 aliphatic carbocycles. The van der Waals surface area contributed by atoms with Gasteiger partial charge in [0.25, 0.3) is 0 Å². The van der Waals surface area contributed by atoms with Crippen LogP contribution in [0.1, 0.15) is 0 Å². The molecule has 5 aromatic heterocycles. The van der Waals surface area contributed by atoms with Gasteiger partial charge in [-0.3, -0.25) is 19.8 Å². The number of anilines is 12. The van der Waals surface area contributed by atoms with Crippen molar-refractivity contribution >= 4 is 145 Å². The van der Waals surface area contributed by atoms with Gasteiger partial charge in [-0.05, 0) is 133 Å². The van der Waals surface area contributed by atoms with E-state index in [9.17, 15) is 0 Å². The van der Waals surface area contributed by atoms with Crippen molar-refractivity contribution in [2.75, 3.05) is 19.6 Å². The van der Waals surface area contributed by atoms with Gasteiger partial charge in [-0.1, -0.05) is 133 Å². The fourth-order valence-electron chi connectivity index (χ4n) is 13.5. The van der Waals surface area contributed by atoms with Crippen molar-refractivity contribution in [1.82, 2.24) is 29.1 Å². The van der Waals surface area contributed by atoms with Gasteiger partial charge in [0, 0.05) is 67.5 Å². The first kappa shape index (κ1) is 46.2. The summed E-state index contributed by atoms with van der Waals surface area (Å²) >= 11 is 0. The zero-order chi connectivity index (χ0) is 55.0. The third-order valence-corrected chi connectivity index (χ3v) is 17.0. The monoisotopic (exact) mass is 1070 g/mol. The van der Waals surface area contributed by atoms with Gasteiger partial charge >= 0.3 is 0 Å². The molecule has 392 valence electrons. The molecule has 0 saturated carbocycles. The largest absolute Gasteiger partial charge is 0.309 e. The standard InChI is InChI=1S/C74H46N10/c1-3-19-47(20-4-1)79-61-31-15-17-33-63(61)83(65-39-35-49(45-67(65)79)81-57-27-11-7-23-51(57)52-24-8-12-28-58(52)81)69-41-37-55-71-72(76-44-43-75-71)56-38-42-70(78-74(56)73(55)77-69)84-64-34-18-16-32-62(64)80(48-21-5-2-6-22-48)68-46-50(36-40-66(68)84)82-59-29-13-9-25-53(59)54-26-10-14-30-60(54)82/h1-46H. The van der Waals surface area contributed by atoms with Crippen LogP contribution in [0.4, 0.5) is 68.5 Å². The molecule has 0 spiro atoms. The lowest BCUT2D eigenvalue weighted by atomic mass is 10.0. The fourth-order valence-corrected chi connectivity index (χ4v) is 13.5. The summed E-state index contributed by atoms with van der Waals surface area (Å²) in [6.45, 7) is 0. The van der Waals surface area contributed by atoms with Crippen molar-refractivity contribution in [3.05, 3.63) is 279 Å². The second-order valence-corrected chi connectivity index (χ2v) is 21.5. The Morgan fingerprint density at radius 2 is 0.536 bits per heavy atom. The SMILES string of the molecule is c1ccc(N2c3ccccc3N(c3ccc4c5nccnc5c5ccc(N6c7ccccc7N(c7ccccc7)c7cc(-n8c9ccccc9c9ccccc98)ccc76)nc5c4n3)c3ccc(-n4c5ccccc5c5ccccc54)cc32)cc1. The van der Waals surface area contributed by atoms with E-state index in [0.29, 0.717) is 0 Å². The Bertz CT molecular complexity index is 4940. The molecule has 18 rings (SSSR count). The number of aromatic nitrogens is 6. The number of benzene rings is 11. The normalized spacial score (nSPS) is 12.9. The molecule has 0 unspecified atom stereocenters. The first-order valence-electron chi connectivity index (χ1n) is 28.3. The highest BCUT2D eigenvalue weighted by Crippen LogP contribution is 2.57. The van der Waals surface area contributed by atoms with Crippen LogP contribution < -0.4 is 19.6 Å². The summed E-state index contributed by atoms with van der Waals surface area (Å²) in [6, 6.07) is 95.5. The minimum atomic E-state index is 0.724. The van der Waals surface area contributed by atoms with Crippen molar-refractivity contribution in [3.63, 3.8) is 0 Å². The van der Waals surface area contributed by atoms with Crippen molar-refractivity contribution in [2.24, 2.45) is 0 Å². The zero-order valence-corrected chi connectivity index (χ0v) is 45.0. The van der Waals surface area contributed by atoms with E-state index in [1.54, 1.807) is 12.4 Å². The molecule has 0 bridgehead atoms. The average molecular weight is 1080 g/mol. The Labute approximate surface area is 481 Å². The van der Waals surface area contributed by atoms with Gasteiger partial charge in [-0.2, -0.15) is 0 Å². The van der Waals surface area contributed by atoms with Gasteiger partial charge in [0.05, 0.1) is 78.6 Å². The van der Waals surface area contributed by atoms with E-state index < -0.39 is 0 Å². The fraction of sp³-hybridized carbons (Fsp3) is 0. The zero-order valence-electron chi connectivity index (χ0n) is 45.0. The maximum absolute atomic E-state index is 5.79. The summed E-state index contributed by atoms with van der Waals surface area (Å²) < 4.78 is 4.77. The molecule has 0 fully saturated rings. The predicted molar refractivity (Wildman–Crippen MR) is 345 cm³/mol. The lowest BCUT2D eigenvalue weighted by Gasteiger charge is -2.40. The third-order valence-electron chi connectivity index (χ3n) is 17.0. The molecule has 0 saturated heterocycles. The molecule has 0 N–H and O–H groups in total. The van der Waals surface area contributed by atoms with Crippen LogP contribution in [0.2, 0.25) is 0 Å². The molecule has 10 nitrogen and oxygen atoms in total. The summed E-state index contributed by atoms with van der Waals surface area (Å²) in [6.07, 6.45) is 3.53. The number of hydrogen-bond acceptors (Lipinski definition) is 8. The molecule has 16 aromatic rings. The number of hydrogen-bond donors (Lipinski definition) is 0. The molecular weight excluding hydrogens is 1030 g/mol. The van der Waals surface area contributed by atoms with E-state index in [2.05, 4.69) is 296 Å². The molecular formula is C74H46N10. The highest BCUT2D eigenvalue weighted by atomic mass is 15.3.